The maximum atomic E-state index is 12.0. The lowest BCUT2D eigenvalue weighted by atomic mass is 10.1. The summed E-state index contributed by atoms with van der Waals surface area (Å²) in [6, 6.07) is 5.47. The van der Waals surface area contributed by atoms with Gasteiger partial charge in [0.1, 0.15) is 18.1 Å². The van der Waals surface area contributed by atoms with Gasteiger partial charge < -0.3 is 10.1 Å². The average molecular weight is 351 g/mol. The van der Waals surface area contributed by atoms with Crippen LogP contribution in [0.2, 0.25) is 0 Å². The van der Waals surface area contributed by atoms with E-state index in [1.54, 1.807) is 19.2 Å². The van der Waals surface area contributed by atoms with Gasteiger partial charge in [-0.05, 0) is 36.5 Å². The van der Waals surface area contributed by atoms with Crippen molar-refractivity contribution in [3.05, 3.63) is 33.9 Å². The van der Waals surface area contributed by atoms with Crippen molar-refractivity contribution < 1.29 is 9.53 Å². The van der Waals surface area contributed by atoms with E-state index >= 15 is 0 Å². The van der Waals surface area contributed by atoms with Crippen LogP contribution in [-0.2, 0) is 4.79 Å². The van der Waals surface area contributed by atoms with Gasteiger partial charge in [0.25, 0.3) is 5.91 Å². The van der Waals surface area contributed by atoms with Crippen molar-refractivity contribution in [3.63, 3.8) is 0 Å². The van der Waals surface area contributed by atoms with Gasteiger partial charge in [0.15, 0.2) is 5.11 Å². The fourth-order valence-electron chi connectivity index (χ4n) is 1.66. The number of amides is 1. The van der Waals surface area contributed by atoms with Crippen LogP contribution in [0.4, 0.5) is 0 Å². The van der Waals surface area contributed by atoms with Gasteiger partial charge in [0.05, 0.1) is 0 Å². The molecule has 1 heterocycles. The molecular formula is C14H11BrN2O2S. The summed E-state index contributed by atoms with van der Waals surface area (Å²) in [7, 11) is 1.62. The molecule has 1 aliphatic heterocycles. The molecule has 0 unspecified atom stereocenters. The Labute approximate surface area is 130 Å². The lowest BCUT2D eigenvalue weighted by Gasteiger charge is -2.07. The Hall–Kier alpha value is -1.84. The zero-order valence-electron chi connectivity index (χ0n) is 10.6. The van der Waals surface area contributed by atoms with E-state index < -0.39 is 0 Å². The summed E-state index contributed by atoms with van der Waals surface area (Å²) in [4.78, 5) is 13.3. The number of hydrogen-bond acceptors (Lipinski definition) is 3. The lowest BCUT2D eigenvalue weighted by Crippen LogP contribution is -2.25. The van der Waals surface area contributed by atoms with Gasteiger partial charge in [-0.15, -0.1) is 6.42 Å². The molecule has 4 nitrogen and oxygen atoms in total. The van der Waals surface area contributed by atoms with Crippen LogP contribution in [0, 0.1) is 12.3 Å². The summed E-state index contributed by atoms with van der Waals surface area (Å²) >= 11 is 8.41. The largest absolute Gasteiger partial charge is 0.480 e. The molecular weight excluding hydrogens is 340 g/mol. The Kier molecular flexibility index (Phi) is 4.42. The highest BCUT2D eigenvalue weighted by molar-refractivity contribution is 9.10. The predicted octanol–water partition coefficient (Wildman–Crippen LogP) is 2.15. The summed E-state index contributed by atoms with van der Waals surface area (Å²) in [5, 5.41) is 3.24. The molecule has 0 atom stereocenters. The Morgan fingerprint density at radius 1 is 1.60 bits per heavy atom. The van der Waals surface area contributed by atoms with E-state index in [0.717, 1.165) is 10.0 Å². The van der Waals surface area contributed by atoms with E-state index in [1.165, 1.54) is 4.90 Å². The SMILES string of the molecule is C#CCOc1ccc(Br)cc1/C=C1\NC(=S)N(C)C1=O. The highest BCUT2D eigenvalue weighted by atomic mass is 79.9. The van der Waals surface area contributed by atoms with Crippen LogP contribution in [0.1, 0.15) is 5.56 Å². The number of nitrogens with one attached hydrogen (secondary N) is 1. The van der Waals surface area contributed by atoms with Gasteiger partial charge in [-0.3, -0.25) is 9.69 Å². The smallest absolute Gasteiger partial charge is 0.276 e. The van der Waals surface area contributed by atoms with Crippen molar-refractivity contribution in [2.45, 2.75) is 0 Å². The van der Waals surface area contributed by atoms with Gasteiger partial charge in [-0.1, -0.05) is 21.9 Å². The molecule has 0 radical (unpaired) electrons. The molecule has 102 valence electrons. The fourth-order valence-corrected chi connectivity index (χ4v) is 2.23. The second-order valence-corrected chi connectivity index (χ2v) is 5.33. The number of hydrogen-bond donors (Lipinski definition) is 1. The Morgan fingerprint density at radius 3 is 2.95 bits per heavy atom. The van der Waals surface area contributed by atoms with E-state index in [9.17, 15) is 4.79 Å². The van der Waals surface area contributed by atoms with Crippen molar-refractivity contribution in [2.75, 3.05) is 13.7 Å². The average Bonchev–Trinajstić information content (AvgIpc) is 2.66. The molecule has 1 N–H and O–H groups in total. The normalized spacial score (nSPS) is 16.2. The van der Waals surface area contributed by atoms with Crippen molar-refractivity contribution in [3.8, 4) is 18.1 Å². The first-order valence-corrected chi connectivity index (χ1v) is 6.89. The maximum absolute atomic E-state index is 12.0. The lowest BCUT2D eigenvalue weighted by molar-refractivity contribution is -0.121. The Morgan fingerprint density at radius 2 is 2.35 bits per heavy atom. The van der Waals surface area contributed by atoms with Gasteiger partial charge in [0.2, 0.25) is 0 Å². The highest BCUT2D eigenvalue weighted by Gasteiger charge is 2.27. The number of nitrogens with zero attached hydrogens (tertiary/aromatic N) is 1. The third kappa shape index (κ3) is 3.00. The minimum atomic E-state index is -0.183. The quantitative estimate of drug-likeness (QED) is 0.515. The molecule has 1 amide bonds. The van der Waals surface area contributed by atoms with Crippen molar-refractivity contribution in [1.29, 1.82) is 0 Å². The molecule has 0 aromatic heterocycles. The Balaban J connectivity index is 2.37. The van der Waals surface area contributed by atoms with Gasteiger partial charge in [-0.2, -0.15) is 0 Å². The number of ether oxygens (including phenoxy) is 1. The zero-order chi connectivity index (χ0) is 14.7. The number of halogens is 1. The first kappa shape index (κ1) is 14.6. The fraction of sp³-hybridized carbons (Fsp3) is 0.143. The number of likely N-dealkylation sites (N-methyl/N-ethyl adjacent to an activating group) is 1. The molecule has 0 spiro atoms. The molecule has 1 aromatic rings. The number of benzene rings is 1. The molecule has 1 saturated heterocycles. The number of thiocarbonyl (C=S) groups is 1. The van der Waals surface area contributed by atoms with Crippen LogP contribution in [0.25, 0.3) is 6.08 Å². The number of carbonyl (C=O) groups is 1. The van der Waals surface area contributed by atoms with Crippen molar-refractivity contribution in [2.24, 2.45) is 0 Å². The van der Waals surface area contributed by atoms with Gasteiger partial charge >= 0.3 is 0 Å². The van der Waals surface area contributed by atoms with E-state index in [2.05, 4.69) is 27.2 Å². The third-order valence-electron chi connectivity index (χ3n) is 2.66. The molecule has 1 aliphatic rings. The number of carbonyl (C=O) groups excluding carboxylic acids is 1. The van der Waals surface area contributed by atoms with Crippen LogP contribution in [0.3, 0.4) is 0 Å². The van der Waals surface area contributed by atoms with Crippen LogP contribution in [0.15, 0.2) is 28.4 Å². The van der Waals surface area contributed by atoms with Gasteiger partial charge in [-0.25, -0.2) is 0 Å². The standard InChI is InChI=1S/C14H11BrN2O2S/c1-3-6-19-12-5-4-10(15)7-9(12)8-11-13(18)17(2)14(20)16-11/h1,4-5,7-8H,6H2,2H3,(H,16,20)/b11-8-. The summed E-state index contributed by atoms with van der Waals surface area (Å²) in [5.74, 6) is 2.83. The summed E-state index contributed by atoms with van der Waals surface area (Å²) in [6.45, 7) is 0.164. The zero-order valence-corrected chi connectivity index (χ0v) is 13.0. The first-order valence-electron chi connectivity index (χ1n) is 5.69. The summed E-state index contributed by atoms with van der Waals surface area (Å²) < 4.78 is 6.33. The van der Waals surface area contributed by atoms with Gasteiger partial charge in [0, 0.05) is 17.1 Å². The van der Waals surface area contributed by atoms with Crippen molar-refractivity contribution >= 4 is 45.2 Å². The minimum absolute atomic E-state index is 0.164. The molecule has 2 rings (SSSR count). The summed E-state index contributed by atoms with van der Waals surface area (Å²) in [6.07, 6.45) is 6.88. The third-order valence-corrected chi connectivity index (χ3v) is 3.53. The molecule has 0 saturated carbocycles. The maximum Gasteiger partial charge on any atom is 0.276 e. The second kappa shape index (κ2) is 6.07. The van der Waals surface area contributed by atoms with E-state index in [-0.39, 0.29) is 12.5 Å². The summed E-state index contributed by atoms with van der Waals surface area (Å²) in [5.41, 5.74) is 1.14. The highest BCUT2D eigenvalue weighted by Crippen LogP contribution is 2.26. The topological polar surface area (TPSA) is 41.6 Å². The minimum Gasteiger partial charge on any atom is -0.480 e. The predicted molar refractivity (Wildman–Crippen MR) is 85.0 cm³/mol. The molecule has 0 aliphatic carbocycles. The number of rotatable bonds is 3. The monoisotopic (exact) mass is 350 g/mol. The van der Waals surface area contributed by atoms with Crippen LogP contribution < -0.4 is 10.1 Å². The first-order chi connectivity index (χ1) is 9.52. The molecule has 20 heavy (non-hydrogen) atoms. The van der Waals surface area contributed by atoms with E-state index in [0.29, 0.717) is 16.6 Å². The van der Waals surface area contributed by atoms with Crippen LogP contribution in [0.5, 0.6) is 5.75 Å². The van der Waals surface area contributed by atoms with Crippen molar-refractivity contribution in [1.82, 2.24) is 10.2 Å². The molecule has 0 bridgehead atoms. The molecule has 1 fully saturated rings. The van der Waals surface area contributed by atoms with E-state index in [4.69, 9.17) is 23.4 Å². The second-order valence-electron chi connectivity index (χ2n) is 4.03. The number of terminal acetylenes is 1. The molecule has 1 aromatic carbocycles. The van der Waals surface area contributed by atoms with Crippen LogP contribution >= 0.6 is 28.1 Å². The van der Waals surface area contributed by atoms with Crippen LogP contribution in [-0.4, -0.2) is 29.6 Å². The van der Waals surface area contributed by atoms with E-state index in [1.807, 2.05) is 12.1 Å². The molecule has 6 heteroatoms. The Bertz CT molecular complexity index is 649.